The van der Waals surface area contributed by atoms with Crippen molar-refractivity contribution in [1.82, 2.24) is 10.2 Å². The van der Waals surface area contributed by atoms with Crippen LogP contribution in [0.5, 0.6) is 0 Å². The first kappa shape index (κ1) is 13.8. The zero-order chi connectivity index (χ0) is 14.8. The third-order valence-corrected chi connectivity index (χ3v) is 3.53. The van der Waals surface area contributed by atoms with Gasteiger partial charge in [-0.15, -0.1) is 0 Å². The maximum absolute atomic E-state index is 13.7. The van der Waals surface area contributed by atoms with E-state index in [2.05, 4.69) is 26.1 Å². The molecular weight excluding hydrogens is 339 g/mol. The molecule has 21 heavy (non-hydrogen) atoms. The van der Waals surface area contributed by atoms with E-state index >= 15 is 0 Å². The molecule has 106 valence electrons. The Kier molecular flexibility index (Phi) is 3.70. The van der Waals surface area contributed by atoms with E-state index in [0.29, 0.717) is 15.4 Å². The van der Waals surface area contributed by atoms with Crippen molar-refractivity contribution in [3.63, 3.8) is 0 Å². The Bertz CT molecular complexity index is 816. The average Bonchev–Trinajstić information content (AvgIpc) is 2.90. The molecule has 1 aromatic heterocycles. The minimum absolute atomic E-state index is 0.140. The van der Waals surface area contributed by atoms with Gasteiger partial charge in [0.05, 0.1) is 5.52 Å². The van der Waals surface area contributed by atoms with Gasteiger partial charge in [-0.25, -0.2) is 9.18 Å². The van der Waals surface area contributed by atoms with E-state index in [4.69, 9.17) is 4.74 Å². The highest BCUT2D eigenvalue weighted by Gasteiger charge is 2.16. The van der Waals surface area contributed by atoms with Gasteiger partial charge in [0, 0.05) is 15.4 Å². The Morgan fingerprint density at radius 1 is 1.29 bits per heavy atom. The molecule has 1 N–H and O–H groups in total. The van der Waals surface area contributed by atoms with Crippen LogP contribution in [0.3, 0.4) is 0 Å². The van der Waals surface area contributed by atoms with Crippen LogP contribution in [0.4, 0.5) is 4.39 Å². The van der Waals surface area contributed by atoms with Gasteiger partial charge in [0.1, 0.15) is 12.4 Å². The molecule has 4 nitrogen and oxygen atoms in total. The second-order valence-corrected chi connectivity index (χ2v) is 5.35. The number of carbonyl (C=O) groups excluding carboxylic acids is 1. The summed E-state index contributed by atoms with van der Waals surface area (Å²) < 4.78 is 19.4. The number of hydrogen-bond donors (Lipinski definition) is 1. The van der Waals surface area contributed by atoms with E-state index in [1.165, 1.54) is 6.07 Å². The number of hydrogen-bond acceptors (Lipinski definition) is 3. The standard InChI is InChI=1S/C15H10BrFN2O2/c16-10-6-5-9(12(17)7-10)8-21-15(20)14-11-3-1-2-4-13(11)18-19-14/h1-7H,8H2,(H,18,19). The van der Waals surface area contributed by atoms with Crippen LogP contribution in [0.1, 0.15) is 16.1 Å². The summed E-state index contributed by atoms with van der Waals surface area (Å²) in [4.78, 5) is 12.0. The first-order valence-electron chi connectivity index (χ1n) is 6.19. The molecule has 6 heteroatoms. The van der Waals surface area contributed by atoms with Crippen molar-refractivity contribution >= 4 is 32.8 Å². The van der Waals surface area contributed by atoms with Crippen LogP contribution < -0.4 is 0 Å². The first-order valence-corrected chi connectivity index (χ1v) is 6.98. The minimum Gasteiger partial charge on any atom is -0.456 e. The van der Waals surface area contributed by atoms with Crippen LogP contribution in [0.2, 0.25) is 0 Å². The van der Waals surface area contributed by atoms with Crippen molar-refractivity contribution in [2.45, 2.75) is 6.61 Å². The maximum atomic E-state index is 13.7. The molecule has 0 radical (unpaired) electrons. The molecular formula is C15H10BrFN2O2. The molecule has 0 aliphatic carbocycles. The molecule has 0 bridgehead atoms. The molecule has 0 spiro atoms. The minimum atomic E-state index is -0.588. The summed E-state index contributed by atoms with van der Waals surface area (Å²) in [6.45, 7) is -0.140. The Morgan fingerprint density at radius 3 is 2.90 bits per heavy atom. The summed E-state index contributed by atoms with van der Waals surface area (Å²) >= 11 is 3.17. The quantitative estimate of drug-likeness (QED) is 0.732. The molecule has 0 saturated heterocycles. The number of benzene rings is 2. The lowest BCUT2D eigenvalue weighted by Crippen LogP contribution is -2.07. The van der Waals surface area contributed by atoms with Gasteiger partial charge in [0.25, 0.3) is 0 Å². The third-order valence-electron chi connectivity index (χ3n) is 3.04. The molecule has 3 rings (SSSR count). The summed E-state index contributed by atoms with van der Waals surface area (Å²) in [6, 6.07) is 11.8. The third kappa shape index (κ3) is 2.80. The molecule has 0 unspecified atom stereocenters. The number of para-hydroxylation sites is 1. The number of aromatic nitrogens is 2. The van der Waals surface area contributed by atoms with Crippen LogP contribution in [-0.4, -0.2) is 16.2 Å². The van der Waals surface area contributed by atoms with Crippen LogP contribution in [0.25, 0.3) is 10.9 Å². The van der Waals surface area contributed by atoms with Crippen molar-refractivity contribution < 1.29 is 13.9 Å². The van der Waals surface area contributed by atoms with Crippen molar-refractivity contribution in [3.8, 4) is 0 Å². The number of carbonyl (C=O) groups is 1. The lowest BCUT2D eigenvalue weighted by Gasteiger charge is -2.05. The van der Waals surface area contributed by atoms with E-state index < -0.39 is 11.8 Å². The lowest BCUT2D eigenvalue weighted by molar-refractivity contribution is 0.0464. The molecule has 3 aromatic rings. The number of fused-ring (bicyclic) bond motifs is 1. The number of aromatic amines is 1. The largest absolute Gasteiger partial charge is 0.456 e. The van der Waals surface area contributed by atoms with Gasteiger partial charge in [-0.05, 0) is 18.2 Å². The average molecular weight is 349 g/mol. The second-order valence-electron chi connectivity index (χ2n) is 4.43. The van der Waals surface area contributed by atoms with Gasteiger partial charge in [0.15, 0.2) is 5.69 Å². The number of nitrogens with zero attached hydrogens (tertiary/aromatic N) is 1. The normalized spacial score (nSPS) is 10.8. The highest BCUT2D eigenvalue weighted by atomic mass is 79.9. The maximum Gasteiger partial charge on any atom is 0.359 e. The van der Waals surface area contributed by atoms with Gasteiger partial charge >= 0.3 is 5.97 Å². The fourth-order valence-corrected chi connectivity index (χ4v) is 2.30. The molecule has 0 aliphatic heterocycles. The number of ether oxygens (including phenoxy) is 1. The van der Waals surface area contributed by atoms with E-state index in [9.17, 15) is 9.18 Å². The zero-order valence-electron chi connectivity index (χ0n) is 10.8. The number of nitrogens with one attached hydrogen (secondary N) is 1. The molecule has 0 fully saturated rings. The number of rotatable bonds is 3. The fourth-order valence-electron chi connectivity index (χ4n) is 1.97. The number of H-pyrrole nitrogens is 1. The summed E-state index contributed by atoms with van der Waals surface area (Å²) in [5, 5.41) is 7.38. The van der Waals surface area contributed by atoms with Gasteiger partial charge in [-0.3, -0.25) is 5.10 Å². The second kappa shape index (κ2) is 5.65. The van der Waals surface area contributed by atoms with Crippen LogP contribution in [0, 0.1) is 5.82 Å². The van der Waals surface area contributed by atoms with Crippen LogP contribution in [-0.2, 0) is 11.3 Å². The van der Waals surface area contributed by atoms with Crippen molar-refractivity contribution in [1.29, 1.82) is 0 Å². The van der Waals surface area contributed by atoms with E-state index in [0.717, 1.165) is 5.52 Å². The highest BCUT2D eigenvalue weighted by Crippen LogP contribution is 2.18. The topological polar surface area (TPSA) is 55.0 Å². The van der Waals surface area contributed by atoms with Gasteiger partial charge in [-0.2, -0.15) is 5.10 Å². The van der Waals surface area contributed by atoms with Crippen molar-refractivity contribution in [3.05, 3.63) is 64.0 Å². The van der Waals surface area contributed by atoms with E-state index in [1.807, 2.05) is 18.2 Å². The summed E-state index contributed by atoms with van der Waals surface area (Å²) in [6.07, 6.45) is 0. The fraction of sp³-hybridized carbons (Fsp3) is 0.0667. The molecule has 0 atom stereocenters. The predicted molar refractivity (Wildman–Crippen MR) is 79.3 cm³/mol. The smallest absolute Gasteiger partial charge is 0.359 e. The van der Waals surface area contributed by atoms with Crippen molar-refractivity contribution in [2.75, 3.05) is 0 Å². The summed E-state index contributed by atoms with van der Waals surface area (Å²) in [5.74, 6) is -1.01. The van der Waals surface area contributed by atoms with Crippen molar-refractivity contribution in [2.24, 2.45) is 0 Å². The summed E-state index contributed by atoms with van der Waals surface area (Å²) in [7, 11) is 0. The summed E-state index contributed by atoms with van der Waals surface area (Å²) in [5.41, 5.74) is 1.26. The Balaban J connectivity index is 1.77. The Labute approximate surface area is 128 Å². The number of esters is 1. The molecule has 0 amide bonds. The van der Waals surface area contributed by atoms with Gasteiger partial charge < -0.3 is 4.74 Å². The van der Waals surface area contributed by atoms with Crippen LogP contribution >= 0.6 is 15.9 Å². The molecule has 0 aliphatic rings. The first-order chi connectivity index (χ1) is 10.1. The van der Waals surface area contributed by atoms with E-state index in [1.54, 1.807) is 18.2 Å². The SMILES string of the molecule is O=C(OCc1ccc(Br)cc1F)c1n[nH]c2ccccc12. The monoisotopic (exact) mass is 348 g/mol. The zero-order valence-corrected chi connectivity index (χ0v) is 12.4. The van der Waals surface area contributed by atoms with Gasteiger partial charge in [-0.1, -0.05) is 40.2 Å². The van der Waals surface area contributed by atoms with Gasteiger partial charge in [0.2, 0.25) is 0 Å². The Hall–Kier alpha value is -2.21. The highest BCUT2D eigenvalue weighted by molar-refractivity contribution is 9.10. The van der Waals surface area contributed by atoms with Crippen LogP contribution in [0.15, 0.2) is 46.9 Å². The molecule has 2 aromatic carbocycles. The predicted octanol–water partition coefficient (Wildman–Crippen LogP) is 3.82. The Morgan fingerprint density at radius 2 is 2.10 bits per heavy atom. The number of halogens is 2. The lowest BCUT2D eigenvalue weighted by atomic mass is 10.2. The molecule has 1 heterocycles. The van der Waals surface area contributed by atoms with E-state index in [-0.39, 0.29) is 12.3 Å². The molecule has 0 saturated carbocycles.